The smallest absolute Gasteiger partial charge is 0.114 e. The predicted molar refractivity (Wildman–Crippen MR) is 159 cm³/mol. The van der Waals surface area contributed by atoms with Crippen molar-refractivity contribution < 1.29 is 0 Å². The first-order valence-corrected chi connectivity index (χ1v) is 13.2. The van der Waals surface area contributed by atoms with Gasteiger partial charge in [-0.05, 0) is 86.3 Å². The minimum absolute atomic E-state index is 0.821. The van der Waals surface area contributed by atoms with Crippen LogP contribution in [-0.4, -0.2) is 15.7 Å². The van der Waals surface area contributed by atoms with Crippen LogP contribution in [0.4, 0.5) is 0 Å². The Hall–Kier alpha value is -3.33. The summed E-state index contributed by atoms with van der Waals surface area (Å²) in [5.41, 5.74) is 5.15. The zero-order valence-electron chi connectivity index (χ0n) is 19.1. The normalized spacial score (nSPS) is 11.8. The van der Waals surface area contributed by atoms with Crippen molar-refractivity contribution >= 4 is 91.0 Å². The van der Waals surface area contributed by atoms with Crippen LogP contribution in [0.2, 0.25) is 0 Å². The summed E-state index contributed by atoms with van der Waals surface area (Å²) in [6.45, 7) is 2.18. The Kier molecular flexibility index (Phi) is 4.70. The first-order valence-electron chi connectivity index (χ1n) is 11.6. The molecule has 0 spiro atoms. The van der Waals surface area contributed by atoms with Gasteiger partial charge in [-0.15, -0.1) is 22.7 Å². The molecule has 0 atom stereocenters. The third kappa shape index (κ3) is 3.36. The van der Waals surface area contributed by atoms with Crippen LogP contribution in [0.5, 0.6) is 0 Å². The summed E-state index contributed by atoms with van der Waals surface area (Å²) in [6, 6.07) is 32.4. The maximum atomic E-state index is 6.56. The molecule has 0 aliphatic rings. The quantitative estimate of drug-likeness (QED) is 0.225. The minimum Gasteiger partial charge on any atom is -0.135 e. The van der Waals surface area contributed by atoms with E-state index in [4.69, 9.17) is 15.7 Å². The van der Waals surface area contributed by atoms with Gasteiger partial charge in [0, 0.05) is 19.2 Å². The average Bonchev–Trinajstić information content (AvgIpc) is 3.45. The molecule has 0 saturated carbocycles. The maximum absolute atomic E-state index is 6.56. The third-order valence-corrected chi connectivity index (χ3v) is 9.17. The van der Waals surface area contributed by atoms with Gasteiger partial charge in [0.1, 0.15) is 15.7 Å². The van der Waals surface area contributed by atoms with Crippen LogP contribution in [0.3, 0.4) is 0 Å². The Labute approximate surface area is 214 Å². The fourth-order valence-corrected chi connectivity index (χ4v) is 7.53. The first-order chi connectivity index (χ1) is 17.0. The molecule has 4 radical (unpaired) electrons. The fourth-order valence-electron chi connectivity index (χ4n) is 5.18. The molecule has 0 bridgehead atoms. The summed E-state index contributed by atoms with van der Waals surface area (Å²) in [7, 11) is 13.0. The van der Waals surface area contributed by atoms with E-state index >= 15 is 0 Å². The van der Waals surface area contributed by atoms with E-state index in [1.165, 1.54) is 57.0 Å². The van der Waals surface area contributed by atoms with E-state index in [9.17, 15) is 0 Å². The van der Waals surface area contributed by atoms with Crippen LogP contribution in [0.15, 0.2) is 91.0 Å². The second-order valence-corrected chi connectivity index (χ2v) is 11.3. The van der Waals surface area contributed by atoms with Crippen LogP contribution in [0, 0.1) is 6.92 Å². The summed E-state index contributed by atoms with van der Waals surface area (Å²) in [5.74, 6) is 0. The van der Waals surface area contributed by atoms with E-state index in [-0.39, 0.29) is 0 Å². The Morgan fingerprint density at radius 1 is 0.543 bits per heavy atom. The summed E-state index contributed by atoms with van der Waals surface area (Å²) < 4.78 is 2.54. The third-order valence-electron chi connectivity index (χ3n) is 6.92. The molecule has 0 fully saturated rings. The van der Waals surface area contributed by atoms with Gasteiger partial charge in [0.25, 0.3) is 0 Å². The first kappa shape index (κ1) is 21.0. The Morgan fingerprint density at radius 3 is 1.86 bits per heavy atom. The lowest BCUT2D eigenvalue weighted by molar-refractivity contribution is 1.55. The van der Waals surface area contributed by atoms with Gasteiger partial charge in [-0.2, -0.15) is 0 Å². The molecule has 7 aromatic rings. The van der Waals surface area contributed by atoms with E-state index in [0.717, 1.165) is 22.1 Å². The van der Waals surface area contributed by atoms with Gasteiger partial charge in [0.2, 0.25) is 0 Å². The number of benzene rings is 5. The average molecular weight is 476 g/mol. The Bertz CT molecular complexity index is 1890. The highest BCUT2D eigenvalue weighted by Gasteiger charge is 2.14. The van der Waals surface area contributed by atoms with Crippen molar-refractivity contribution in [2.45, 2.75) is 6.92 Å². The molecular formula is C31H18B2S2. The zero-order chi connectivity index (χ0) is 23.7. The van der Waals surface area contributed by atoms with Crippen LogP contribution >= 0.6 is 22.7 Å². The molecule has 0 aliphatic carbocycles. The van der Waals surface area contributed by atoms with Crippen LogP contribution in [0.25, 0.3) is 62.6 Å². The van der Waals surface area contributed by atoms with E-state index in [1.54, 1.807) is 11.3 Å². The molecule has 7 rings (SSSR count). The van der Waals surface area contributed by atoms with Gasteiger partial charge in [-0.1, -0.05) is 71.6 Å². The van der Waals surface area contributed by atoms with Crippen molar-refractivity contribution in [1.29, 1.82) is 0 Å². The molecule has 0 unspecified atom stereocenters. The van der Waals surface area contributed by atoms with Gasteiger partial charge in [-0.3, -0.25) is 0 Å². The summed E-state index contributed by atoms with van der Waals surface area (Å²) in [4.78, 5) is 2.42. The second kappa shape index (κ2) is 7.84. The van der Waals surface area contributed by atoms with Crippen LogP contribution in [0.1, 0.15) is 5.56 Å². The monoisotopic (exact) mass is 476 g/mol. The van der Waals surface area contributed by atoms with Crippen molar-refractivity contribution in [3.8, 4) is 20.9 Å². The van der Waals surface area contributed by atoms with Crippen molar-refractivity contribution in [2.75, 3.05) is 0 Å². The summed E-state index contributed by atoms with van der Waals surface area (Å²) in [5, 5.41) is 7.33. The van der Waals surface area contributed by atoms with Gasteiger partial charge in [0.15, 0.2) is 0 Å². The molecule has 160 valence electrons. The van der Waals surface area contributed by atoms with Gasteiger partial charge in [0.05, 0.1) is 0 Å². The van der Waals surface area contributed by atoms with Crippen molar-refractivity contribution in [3.63, 3.8) is 0 Å². The highest BCUT2D eigenvalue weighted by molar-refractivity contribution is 7.24. The highest BCUT2D eigenvalue weighted by Crippen LogP contribution is 2.41. The number of rotatable bonds is 2. The number of aryl methyl sites for hydroxylation is 1. The van der Waals surface area contributed by atoms with E-state index in [2.05, 4.69) is 97.9 Å². The van der Waals surface area contributed by atoms with Crippen LogP contribution in [-0.2, 0) is 0 Å². The van der Waals surface area contributed by atoms with Gasteiger partial charge < -0.3 is 0 Å². The number of hydrogen-bond acceptors (Lipinski definition) is 2. The molecule has 5 aromatic carbocycles. The van der Waals surface area contributed by atoms with Crippen molar-refractivity contribution in [1.82, 2.24) is 0 Å². The lowest BCUT2D eigenvalue weighted by Crippen LogP contribution is -2.08. The van der Waals surface area contributed by atoms with E-state index in [0.29, 0.717) is 0 Å². The molecule has 0 amide bonds. The molecule has 2 heterocycles. The number of thiophene rings is 2. The number of hydrogen-bond donors (Lipinski definition) is 0. The van der Waals surface area contributed by atoms with E-state index in [1.807, 2.05) is 11.3 Å². The van der Waals surface area contributed by atoms with Crippen molar-refractivity contribution in [3.05, 3.63) is 96.6 Å². The van der Waals surface area contributed by atoms with Gasteiger partial charge in [-0.25, -0.2) is 0 Å². The maximum Gasteiger partial charge on any atom is 0.114 e. The lowest BCUT2D eigenvalue weighted by Gasteiger charge is -2.12. The molecule has 0 nitrogen and oxygen atoms in total. The second-order valence-electron chi connectivity index (χ2n) is 9.12. The van der Waals surface area contributed by atoms with Crippen molar-refractivity contribution in [2.24, 2.45) is 0 Å². The summed E-state index contributed by atoms with van der Waals surface area (Å²) >= 11 is 3.61. The Balaban J connectivity index is 1.36. The molecule has 35 heavy (non-hydrogen) atoms. The summed E-state index contributed by atoms with van der Waals surface area (Å²) in [6.07, 6.45) is 0. The highest BCUT2D eigenvalue weighted by atomic mass is 32.1. The SMILES string of the molecule is [B]c1cc2ccccc2cc1-c1cc2cc3sc(-c4c([B])cc5ccccc5c4C)cc3cc2s1. The molecular weight excluding hydrogens is 458 g/mol. The largest absolute Gasteiger partial charge is 0.135 e. The van der Waals surface area contributed by atoms with Crippen LogP contribution < -0.4 is 10.9 Å². The zero-order valence-corrected chi connectivity index (χ0v) is 20.8. The van der Waals surface area contributed by atoms with E-state index < -0.39 is 0 Å². The molecule has 0 aliphatic heterocycles. The number of fused-ring (bicyclic) bond motifs is 4. The Morgan fingerprint density at radius 2 is 1.11 bits per heavy atom. The standard InChI is InChI=1S/C31H18B2S2/c1-17-23-9-5-4-8-20(23)12-26(33)31(17)30-16-22-14-27-21(13-28(22)35-30)15-29(34-27)24-10-18-6-2-3-7-19(18)11-25(24)32/h2-16H,1H3. The predicted octanol–water partition coefficient (Wildman–Crippen LogP) is 7.65. The molecule has 4 heteroatoms. The minimum atomic E-state index is 0.821. The lowest BCUT2D eigenvalue weighted by atomic mass is 9.84. The molecule has 0 N–H and O–H groups in total. The van der Waals surface area contributed by atoms with Gasteiger partial charge >= 0.3 is 0 Å². The topological polar surface area (TPSA) is 0 Å². The molecule has 0 saturated heterocycles. The fraction of sp³-hybridized carbons (Fsp3) is 0.0323. The molecule has 2 aromatic heterocycles.